The molecule has 0 heterocycles. The number of rotatable bonds is 11. The molecular formula is C13H27KO5S. The zero-order chi connectivity index (χ0) is 14.7. The van der Waals surface area contributed by atoms with E-state index >= 15 is 0 Å². The summed E-state index contributed by atoms with van der Waals surface area (Å²) in [6.45, 7) is 2.17. The Bertz CT molecular complexity index is 348. The van der Waals surface area contributed by atoms with Crippen LogP contribution < -0.4 is 51.4 Å². The quantitative estimate of drug-likeness (QED) is 0.250. The van der Waals surface area contributed by atoms with Gasteiger partial charge >= 0.3 is 57.4 Å². The van der Waals surface area contributed by atoms with E-state index in [1.165, 1.54) is 25.7 Å². The van der Waals surface area contributed by atoms with E-state index in [1.807, 2.05) is 0 Å². The fourth-order valence-corrected chi connectivity index (χ4v) is 2.79. The summed E-state index contributed by atoms with van der Waals surface area (Å²) in [6, 6.07) is 0. The fourth-order valence-electron chi connectivity index (χ4n) is 1.98. The number of carbonyl (C=O) groups excluding carboxylic acids is 1. The van der Waals surface area contributed by atoms with Crippen molar-refractivity contribution in [2.24, 2.45) is 0 Å². The summed E-state index contributed by atoms with van der Waals surface area (Å²) in [6.07, 6.45) is 8.68. The van der Waals surface area contributed by atoms with Crippen LogP contribution >= 0.6 is 0 Å². The third kappa shape index (κ3) is 11.7. The van der Waals surface area contributed by atoms with Gasteiger partial charge in [-0.25, -0.2) is 0 Å². The Balaban J connectivity index is -0.00000162. The van der Waals surface area contributed by atoms with Gasteiger partial charge < -0.3 is 6.16 Å². The number of hydrogen-bond donors (Lipinski definition) is 1. The molecule has 7 heteroatoms. The first-order valence-electron chi connectivity index (χ1n) is 6.97. The van der Waals surface area contributed by atoms with Crippen molar-refractivity contribution >= 4 is 16.1 Å². The van der Waals surface area contributed by atoms with Crippen molar-refractivity contribution in [3.63, 3.8) is 0 Å². The van der Waals surface area contributed by atoms with Gasteiger partial charge in [0.05, 0.1) is 7.11 Å². The van der Waals surface area contributed by atoms with E-state index in [1.54, 1.807) is 0 Å². The monoisotopic (exact) mass is 334 g/mol. The SMILES string of the molecule is CCCCCCCCCCC(C(=O)OC)S(=O)(=O)O.[H-].[K+]. The maximum absolute atomic E-state index is 11.2. The molecule has 0 aliphatic heterocycles. The Kier molecular flexibility index (Phi) is 15.9. The molecule has 0 saturated heterocycles. The first kappa shape index (κ1) is 23.3. The first-order valence-corrected chi connectivity index (χ1v) is 8.48. The van der Waals surface area contributed by atoms with Gasteiger partial charge in [-0.3, -0.25) is 9.35 Å². The van der Waals surface area contributed by atoms with E-state index < -0.39 is 21.3 Å². The van der Waals surface area contributed by atoms with Crippen molar-refractivity contribution in [1.82, 2.24) is 0 Å². The van der Waals surface area contributed by atoms with Crippen LogP contribution in [0, 0.1) is 0 Å². The van der Waals surface area contributed by atoms with Gasteiger partial charge in [0.1, 0.15) is 0 Å². The summed E-state index contributed by atoms with van der Waals surface area (Å²) >= 11 is 0. The molecule has 0 bridgehead atoms. The normalized spacial score (nSPS) is 12.6. The molecule has 20 heavy (non-hydrogen) atoms. The standard InChI is InChI=1S/C13H26O5S.K.H/c1-3-4-5-6-7-8-9-10-11-12(13(14)18-2)19(15,16)17;;/h12H,3-11H2,1-2H3,(H,15,16,17);;/q;+1;-1. The van der Waals surface area contributed by atoms with Gasteiger partial charge in [-0.05, 0) is 6.42 Å². The van der Waals surface area contributed by atoms with Gasteiger partial charge in [-0.2, -0.15) is 8.42 Å². The molecule has 0 rings (SSSR count). The Labute approximate surface area is 166 Å². The molecule has 0 aliphatic rings. The number of esters is 1. The van der Waals surface area contributed by atoms with Crippen LogP contribution in [0.2, 0.25) is 0 Å². The summed E-state index contributed by atoms with van der Waals surface area (Å²) in [5.74, 6) is -0.884. The maximum atomic E-state index is 11.2. The number of hydrogen-bond acceptors (Lipinski definition) is 4. The number of ether oxygens (including phenoxy) is 1. The van der Waals surface area contributed by atoms with Crippen molar-refractivity contribution < 1.29 is 75.3 Å². The average Bonchev–Trinajstić information content (AvgIpc) is 2.34. The first-order chi connectivity index (χ1) is 8.93. The second-order valence-electron chi connectivity index (χ2n) is 4.79. The van der Waals surface area contributed by atoms with Crippen LogP contribution in [-0.2, 0) is 19.6 Å². The topological polar surface area (TPSA) is 80.7 Å². The molecular weight excluding hydrogens is 307 g/mol. The minimum absolute atomic E-state index is 0. The second-order valence-corrected chi connectivity index (χ2v) is 6.39. The molecule has 0 aromatic rings. The molecule has 1 unspecified atom stereocenters. The Hall–Kier alpha value is 1.02. The molecule has 0 amide bonds. The van der Waals surface area contributed by atoms with Crippen molar-refractivity contribution in [3.8, 4) is 0 Å². The Morgan fingerprint density at radius 2 is 1.55 bits per heavy atom. The van der Waals surface area contributed by atoms with E-state index in [0.717, 1.165) is 26.4 Å². The van der Waals surface area contributed by atoms with Crippen molar-refractivity contribution in [2.75, 3.05) is 7.11 Å². The van der Waals surface area contributed by atoms with Crippen molar-refractivity contribution in [3.05, 3.63) is 0 Å². The predicted molar refractivity (Wildman–Crippen MR) is 75.7 cm³/mol. The average molecular weight is 335 g/mol. The van der Waals surface area contributed by atoms with Crippen LogP contribution in [0.1, 0.15) is 66.1 Å². The molecule has 0 aromatic heterocycles. The van der Waals surface area contributed by atoms with Crippen LogP contribution in [0.4, 0.5) is 0 Å². The molecule has 1 atom stereocenters. The van der Waals surface area contributed by atoms with Crippen LogP contribution in [0.15, 0.2) is 0 Å². The number of methoxy groups -OCH3 is 1. The van der Waals surface area contributed by atoms with Crippen LogP contribution in [0.5, 0.6) is 0 Å². The van der Waals surface area contributed by atoms with Gasteiger partial charge in [-0.15, -0.1) is 0 Å². The van der Waals surface area contributed by atoms with Gasteiger partial charge in [0.2, 0.25) is 0 Å². The minimum Gasteiger partial charge on any atom is -1.00 e. The zero-order valence-corrected chi connectivity index (χ0v) is 16.9. The largest absolute Gasteiger partial charge is 1.00 e. The maximum Gasteiger partial charge on any atom is 1.00 e. The third-order valence-corrected chi connectivity index (χ3v) is 4.29. The molecule has 0 aliphatic carbocycles. The van der Waals surface area contributed by atoms with E-state index in [4.69, 9.17) is 4.55 Å². The summed E-state index contributed by atoms with van der Waals surface area (Å²) in [4.78, 5) is 11.2. The molecule has 0 radical (unpaired) electrons. The van der Waals surface area contributed by atoms with Crippen molar-refractivity contribution in [1.29, 1.82) is 0 Å². The number of carbonyl (C=O) groups is 1. The van der Waals surface area contributed by atoms with Gasteiger partial charge in [0.15, 0.2) is 5.25 Å². The van der Waals surface area contributed by atoms with Gasteiger partial charge in [-0.1, -0.05) is 58.3 Å². The predicted octanol–water partition coefficient (Wildman–Crippen LogP) is 0.0631. The van der Waals surface area contributed by atoms with Crippen LogP contribution in [-0.4, -0.2) is 31.3 Å². The van der Waals surface area contributed by atoms with Gasteiger partial charge in [0, 0.05) is 0 Å². The Morgan fingerprint density at radius 3 is 1.95 bits per heavy atom. The molecule has 5 nitrogen and oxygen atoms in total. The van der Waals surface area contributed by atoms with Crippen LogP contribution in [0.3, 0.4) is 0 Å². The van der Waals surface area contributed by atoms with Crippen LogP contribution in [0.25, 0.3) is 0 Å². The summed E-state index contributed by atoms with van der Waals surface area (Å²) < 4.78 is 35.4. The minimum atomic E-state index is -4.36. The third-order valence-electron chi connectivity index (χ3n) is 3.14. The molecule has 116 valence electrons. The van der Waals surface area contributed by atoms with E-state index in [2.05, 4.69) is 11.7 Å². The Morgan fingerprint density at radius 1 is 1.10 bits per heavy atom. The van der Waals surface area contributed by atoms with E-state index in [9.17, 15) is 13.2 Å². The zero-order valence-electron chi connectivity index (χ0n) is 13.9. The van der Waals surface area contributed by atoms with E-state index in [-0.39, 0.29) is 59.2 Å². The fraction of sp³-hybridized carbons (Fsp3) is 0.923. The number of unbranched alkanes of at least 4 members (excludes halogenated alkanes) is 7. The summed E-state index contributed by atoms with van der Waals surface area (Å²) in [5, 5.41) is -1.43. The molecule has 0 fully saturated rings. The van der Waals surface area contributed by atoms with Gasteiger partial charge in [0.25, 0.3) is 10.1 Å². The molecule has 1 N–H and O–H groups in total. The smallest absolute Gasteiger partial charge is 1.00 e. The molecule has 0 spiro atoms. The molecule has 0 aromatic carbocycles. The van der Waals surface area contributed by atoms with E-state index in [0.29, 0.717) is 6.42 Å². The summed E-state index contributed by atoms with van der Waals surface area (Å²) in [5.41, 5.74) is 0. The van der Waals surface area contributed by atoms with Crippen molar-refractivity contribution in [2.45, 2.75) is 70.0 Å². The molecule has 0 saturated carbocycles. The summed E-state index contributed by atoms with van der Waals surface area (Å²) in [7, 11) is -3.24. The second kappa shape index (κ2) is 13.7.